The highest BCUT2D eigenvalue weighted by Gasteiger charge is 2.23. The van der Waals surface area contributed by atoms with Crippen LogP contribution in [0.2, 0.25) is 0 Å². The number of carbonyl (C=O) groups is 2. The maximum Gasteiger partial charge on any atom is 0.414 e. The van der Waals surface area contributed by atoms with Gasteiger partial charge >= 0.3 is 12.1 Å². The minimum Gasteiger partial charge on any atom is -0.447 e. The first-order chi connectivity index (χ1) is 9.20. The second-order valence-electron chi connectivity index (χ2n) is 4.19. The van der Waals surface area contributed by atoms with Crippen LogP contribution in [0.4, 0.5) is 21.0 Å². The van der Waals surface area contributed by atoms with Gasteiger partial charge in [-0.05, 0) is 30.7 Å². The molecule has 1 aliphatic heterocycles. The third kappa shape index (κ3) is 3.37. The zero-order chi connectivity index (χ0) is 13.7. The first-order valence-corrected chi connectivity index (χ1v) is 6.30. The van der Waals surface area contributed by atoms with Crippen LogP contribution in [0.15, 0.2) is 24.3 Å². The summed E-state index contributed by atoms with van der Waals surface area (Å²) in [5.74, 6) is 0. The summed E-state index contributed by atoms with van der Waals surface area (Å²) >= 11 is 0. The number of amides is 3. The van der Waals surface area contributed by atoms with E-state index in [4.69, 9.17) is 4.74 Å². The lowest BCUT2D eigenvalue weighted by Crippen LogP contribution is -2.29. The van der Waals surface area contributed by atoms with Crippen molar-refractivity contribution < 1.29 is 14.3 Å². The number of urea groups is 1. The molecule has 2 N–H and O–H groups in total. The molecule has 0 atom stereocenters. The van der Waals surface area contributed by atoms with Crippen LogP contribution < -0.4 is 15.5 Å². The van der Waals surface area contributed by atoms with Crippen molar-refractivity contribution in [1.82, 2.24) is 5.32 Å². The van der Waals surface area contributed by atoms with Crippen molar-refractivity contribution in [3.63, 3.8) is 0 Å². The molecule has 102 valence electrons. The van der Waals surface area contributed by atoms with Crippen LogP contribution in [0.25, 0.3) is 0 Å². The first kappa shape index (κ1) is 13.2. The largest absolute Gasteiger partial charge is 0.447 e. The monoisotopic (exact) mass is 263 g/mol. The second-order valence-corrected chi connectivity index (χ2v) is 4.19. The molecule has 0 aromatic heterocycles. The summed E-state index contributed by atoms with van der Waals surface area (Å²) in [7, 11) is 0. The molecule has 1 aromatic carbocycles. The smallest absolute Gasteiger partial charge is 0.414 e. The van der Waals surface area contributed by atoms with E-state index in [-0.39, 0.29) is 12.1 Å². The Morgan fingerprint density at radius 3 is 2.68 bits per heavy atom. The van der Waals surface area contributed by atoms with Crippen molar-refractivity contribution >= 4 is 23.5 Å². The van der Waals surface area contributed by atoms with E-state index in [9.17, 15) is 9.59 Å². The van der Waals surface area contributed by atoms with Gasteiger partial charge in [-0.3, -0.25) is 4.90 Å². The van der Waals surface area contributed by atoms with Crippen molar-refractivity contribution in [3.8, 4) is 0 Å². The fraction of sp³-hybridized carbons (Fsp3) is 0.385. The Bertz CT molecular complexity index is 459. The molecule has 1 heterocycles. The number of ether oxygens (including phenoxy) is 1. The van der Waals surface area contributed by atoms with Crippen LogP contribution in [-0.4, -0.2) is 31.8 Å². The predicted octanol–water partition coefficient (Wildman–Crippen LogP) is 2.17. The molecule has 0 aliphatic carbocycles. The van der Waals surface area contributed by atoms with Gasteiger partial charge in [0.15, 0.2) is 0 Å². The average Bonchev–Trinajstić information content (AvgIpc) is 2.83. The highest BCUT2D eigenvalue weighted by molar-refractivity contribution is 5.91. The van der Waals surface area contributed by atoms with Gasteiger partial charge < -0.3 is 15.4 Å². The Morgan fingerprint density at radius 2 is 2.11 bits per heavy atom. The maximum absolute atomic E-state index is 11.5. The number of cyclic esters (lactones) is 1. The Balaban J connectivity index is 1.94. The molecular weight excluding hydrogens is 246 g/mol. The van der Waals surface area contributed by atoms with Crippen LogP contribution in [0.1, 0.15) is 13.3 Å². The first-order valence-electron chi connectivity index (χ1n) is 6.30. The van der Waals surface area contributed by atoms with Gasteiger partial charge in [0.05, 0.1) is 6.54 Å². The summed E-state index contributed by atoms with van der Waals surface area (Å²) in [4.78, 5) is 24.4. The molecule has 1 aromatic rings. The van der Waals surface area contributed by atoms with E-state index >= 15 is 0 Å². The fourth-order valence-corrected chi connectivity index (χ4v) is 1.77. The van der Waals surface area contributed by atoms with Gasteiger partial charge in [-0.1, -0.05) is 6.92 Å². The van der Waals surface area contributed by atoms with E-state index in [2.05, 4.69) is 10.6 Å². The molecule has 0 spiro atoms. The number of anilines is 2. The molecule has 0 bridgehead atoms. The van der Waals surface area contributed by atoms with Gasteiger partial charge in [0, 0.05) is 17.9 Å². The summed E-state index contributed by atoms with van der Waals surface area (Å²) in [6.07, 6.45) is 0.560. The van der Waals surface area contributed by atoms with Crippen molar-refractivity contribution in [2.75, 3.05) is 29.9 Å². The average molecular weight is 263 g/mol. The number of rotatable bonds is 4. The van der Waals surface area contributed by atoms with E-state index in [1.165, 1.54) is 0 Å². The van der Waals surface area contributed by atoms with Crippen molar-refractivity contribution in [1.29, 1.82) is 0 Å². The molecule has 0 saturated carbocycles. The number of hydrogen-bond donors (Lipinski definition) is 2. The number of nitrogens with one attached hydrogen (secondary N) is 2. The van der Waals surface area contributed by atoms with E-state index in [1.54, 1.807) is 29.2 Å². The second kappa shape index (κ2) is 6.08. The van der Waals surface area contributed by atoms with Gasteiger partial charge in [0.25, 0.3) is 0 Å². The fourth-order valence-electron chi connectivity index (χ4n) is 1.77. The zero-order valence-electron chi connectivity index (χ0n) is 10.8. The topological polar surface area (TPSA) is 70.7 Å². The SMILES string of the molecule is CCCNC(=O)Nc1ccc(N2CCOC2=O)cc1. The highest BCUT2D eigenvalue weighted by atomic mass is 16.6. The standard InChI is InChI=1S/C13H17N3O3/c1-2-7-14-12(17)15-10-3-5-11(6-4-10)16-8-9-19-13(16)18/h3-6H,2,7-9H2,1H3,(H2,14,15,17). The molecule has 6 nitrogen and oxygen atoms in total. The van der Waals surface area contributed by atoms with Gasteiger partial charge in [0.2, 0.25) is 0 Å². The van der Waals surface area contributed by atoms with Gasteiger partial charge in [-0.2, -0.15) is 0 Å². The molecule has 3 amide bonds. The summed E-state index contributed by atoms with van der Waals surface area (Å²) in [6.45, 7) is 3.61. The minimum atomic E-state index is -0.332. The summed E-state index contributed by atoms with van der Waals surface area (Å²) in [5.41, 5.74) is 1.45. The van der Waals surface area contributed by atoms with E-state index in [1.807, 2.05) is 6.92 Å². The lowest BCUT2D eigenvalue weighted by molar-refractivity contribution is 0.181. The third-order valence-corrected chi connectivity index (χ3v) is 2.73. The lowest BCUT2D eigenvalue weighted by atomic mass is 10.2. The number of carbonyl (C=O) groups excluding carboxylic acids is 2. The van der Waals surface area contributed by atoms with Gasteiger partial charge in [0.1, 0.15) is 6.61 Å². The van der Waals surface area contributed by atoms with Crippen LogP contribution in [0, 0.1) is 0 Å². The predicted molar refractivity (Wildman–Crippen MR) is 72.4 cm³/mol. The lowest BCUT2D eigenvalue weighted by Gasteiger charge is -2.13. The minimum absolute atomic E-state index is 0.227. The van der Waals surface area contributed by atoms with Crippen molar-refractivity contribution in [3.05, 3.63) is 24.3 Å². The van der Waals surface area contributed by atoms with E-state index in [0.717, 1.165) is 12.1 Å². The third-order valence-electron chi connectivity index (χ3n) is 2.73. The molecule has 2 rings (SSSR count). The van der Waals surface area contributed by atoms with E-state index in [0.29, 0.717) is 25.4 Å². The van der Waals surface area contributed by atoms with Gasteiger partial charge in [-0.25, -0.2) is 9.59 Å². The number of benzene rings is 1. The summed E-state index contributed by atoms with van der Waals surface area (Å²) in [5, 5.41) is 5.44. The molecule has 1 aliphatic rings. The van der Waals surface area contributed by atoms with Gasteiger partial charge in [-0.15, -0.1) is 0 Å². The maximum atomic E-state index is 11.5. The Hall–Kier alpha value is -2.24. The Kier molecular flexibility index (Phi) is 4.22. The quantitative estimate of drug-likeness (QED) is 0.874. The molecule has 6 heteroatoms. The van der Waals surface area contributed by atoms with Crippen LogP contribution >= 0.6 is 0 Å². The Labute approximate surface area is 111 Å². The van der Waals surface area contributed by atoms with E-state index < -0.39 is 0 Å². The number of nitrogens with zero attached hydrogens (tertiary/aromatic N) is 1. The molecule has 1 fully saturated rings. The van der Waals surface area contributed by atoms with Crippen LogP contribution in [0.5, 0.6) is 0 Å². The normalized spacial score (nSPS) is 14.2. The summed E-state index contributed by atoms with van der Waals surface area (Å²) < 4.78 is 4.87. The van der Waals surface area contributed by atoms with Crippen LogP contribution in [-0.2, 0) is 4.74 Å². The molecule has 19 heavy (non-hydrogen) atoms. The molecule has 1 saturated heterocycles. The van der Waals surface area contributed by atoms with Crippen molar-refractivity contribution in [2.24, 2.45) is 0 Å². The number of hydrogen-bond acceptors (Lipinski definition) is 3. The Morgan fingerprint density at radius 1 is 1.37 bits per heavy atom. The molecular formula is C13H17N3O3. The van der Waals surface area contributed by atoms with Crippen LogP contribution in [0.3, 0.4) is 0 Å². The van der Waals surface area contributed by atoms with Crippen molar-refractivity contribution in [2.45, 2.75) is 13.3 Å². The molecule has 0 unspecified atom stereocenters. The summed E-state index contributed by atoms with van der Waals surface area (Å²) in [6, 6.07) is 6.85. The zero-order valence-corrected chi connectivity index (χ0v) is 10.8. The highest BCUT2D eigenvalue weighted by Crippen LogP contribution is 2.20. The molecule has 0 radical (unpaired) electrons.